The highest BCUT2D eigenvalue weighted by Crippen LogP contribution is 2.30. The molecule has 1 aromatic carbocycles. The van der Waals surface area contributed by atoms with Crippen molar-refractivity contribution in [1.29, 1.82) is 0 Å². The Morgan fingerprint density at radius 3 is 2.75 bits per heavy atom. The Morgan fingerprint density at radius 1 is 1.25 bits per heavy atom. The molecule has 1 fully saturated rings. The van der Waals surface area contributed by atoms with E-state index >= 15 is 0 Å². The lowest BCUT2D eigenvalue weighted by molar-refractivity contribution is -0.122. The molecule has 0 spiro atoms. The van der Waals surface area contributed by atoms with Gasteiger partial charge in [0.15, 0.2) is 5.11 Å². The smallest absolute Gasteiger partial charge is 0.276 e. The zero-order chi connectivity index (χ0) is 17.3. The first-order chi connectivity index (χ1) is 11.5. The molecule has 0 radical (unpaired) electrons. The van der Waals surface area contributed by atoms with E-state index in [0.717, 1.165) is 5.56 Å². The molecular weight excluding hydrogens is 367 g/mol. The lowest BCUT2D eigenvalue weighted by Gasteiger charge is -2.09. The second-order valence-corrected chi connectivity index (χ2v) is 6.22. The Morgan fingerprint density at radius 2 is 2.04 bits per heavy atom. The molecule has 2 heterocycles. The van der Waals surface area contributed by atoms with Gasteiger partial charge in [-0.2, -0.15) is 0 Å². The minimum Gasteiger partial charge on any atom is -0.457 e. The highest BCUT2D eigenvalue weighted by molar-refractivity contribution is 7.80. The van der Waals surface area contributed by atoms with Crippen LogP contribution in [0.15, 0.2) is 53.1 Å². The zero-order valence-corrected chi connectivity index (χ0v) is 14.7. The summed E-state index contributed by atoms with van der Waals surface area (Å²) in [6.07, 6.45) is 3.23. The second-order valence-electron chi connectivity index (χ2n) is 5.02. The van der Waals surface area contributed by atoms with Crippen LogP contribution in [-0.4, -0.2) is 22.5 Å². The monoisotopic (exact) mass is 378 g/mol. The summed E-state index contributed by atoms with van der Waals surface area (Å²) in [7, 11) is 0. The number of amides is 1. The van der Waals surface area contributed by atoms with Crippen molar-refractivity contribution in [2.24, 2.45) is 0 Å². The van der Waals surface area contributed by atoms with E-state index in [-0.39, 0.29) is 5.91 Å². The third kappa shape index (κ3) is 3.24. The average molecular weight is 379 g/mol. The predicted molar refractivity (Wildman–Crippen MR) is 99.8 cm³/mol. The van der Waals surface area contributed by atoms with E-state index in [0.29, 0.717) is 38.9 Å². The third-order valence-electron chi connectivity index (χ3n) is 3.39. The van der Waals surface area contributed by atoms with E-state index in [1.807, 2.05) is 6.07 Å². The number of hydrogen-bond acceptors (Lipinski definition) is 3. The SMILES string of the molecule is C=CCN1C(=O)/C(=C\c2ccc(-c3ccc(Cl)c(Cl)c3)o2)NC1=S. The Labute approximate surface area is 154 Å². The van der Waals surface area contributed by atoms with Crippen molar-refractivity contribution in [2.75, 3.05) is 6.54 Å². The molecule has 1 aliphatic rings. The van der Waals surface area contributed by atoms with E-state index in [1.165, 1.54) is 4.90 Å². The minimum absolute atomic E-state index is 0.215. The number of furan rings is 1. The summed E-state index contributed by atoms with van der Waals surface area (Å²) in [6, 6.07) is 8.79. The van der Waals surface area contributed by atoms with Crippen LogP contribution in [0.2, 0.25) is 10.0 Å². The highest BCUT2D eigenvalue weighted by Gasteiger charge is 2.29. The Bertz CT molecular complexity index is 873. The number of carbonyl (C=O) groups excluding carboxylic acids is 1. The molecule has 24 heavy (non-hydrogen) atoms. The van der Waals surface area contributed by atoms with Gasteiger partial charge in [-0.3, -0.25) is 9.69 Å². The standard InChI is InChI=1S/C17H12Cl2N2O2S/c1-2-7-21-16(22)14(20-17(21)24)9-11-4-6-15(23-11)10-3-5-12(18)13(19)8-10/h2-6,8-9H,1,7H2,(H,20,24)/b14-9+. The van der Waals surface area contributed by atoms with Gasteiger partial charge in [0, 0.05) is 18.2 Å². The van der Waals surface area contributed by atoms with E-state index < -0.39 is 0 Å². The largest absolute Gasteiger partial charge is 0.457 e. The summed E-state index contributed by atoms with van der Waals surface area (Å²) in [4.78, 5) is 13.7. The van der Waals surface area contributed by atoms with Crippen LogP contribution in [0.4, 0.5) is 0 Å². The van der Waals surface area contributed by atoms with Crippen molar-refractivity contribution in [3.63, 3.8) is 0 Å². The second kappa shape index (κ2) is 6.81. The molecule has 0 saturated carbocycles. The number of nitrogens with zero attached hydrogens (tertiary/aromatic N) is 1. The number of rotatable bonds is 4. The fourth-order valence-corrected chi connectivity index (χ4v) is 2.81. The van der Waals surface area contributed by atoms with Gasteiger partial charge in [0.1, 0.15) is 17.2 Å². The number of thiocarbonyl (C=S) groups is 1. The van der Waals surface area contributed by atoms with Crippen molar-refractivity contribution in [3.05, 3.63) is 64.5 Å². The summed E-state index contributed by atoms with van der Waals surface area (Å²) in [6.45, 7) is 3.97. The van der Waals surface area contributed by atoms with Gasteiger partial charge in [0.25, 0.3) is 5.91 Å². The molecule has 0 aliphatic carbocycles. The minimum atomic E-state index is -0.215. The number of carbonyl (C=O) groups is 1. The topological polar surface area (TPSA) is 45.5 Å². The number of hydrogen-bond donors (Lipinski definition) is 1. The van der Waals surface area contributed by atoms with Crippen LogP contribution < -0.4 is 5.32 Å². The summed E-state index contributed by atoms with van der Waals surface area (Å²) in [5.41, 5.74) is 1.15. The van der Waals surface area contributed by atoms with Gasteiger partial charge in [-0.15, -0.1) is 6.58 Å². The third-order valence-corrected chi connectivity index (χ3v) is 4.45. The molecule has 1 amide bonds. The average Bonchev–Trinajstić information content (AvgIpc) is 3.11. The molecule has 3 rings (SSSR count). The first-order valence-corrected chi connectivity index (χ1v) is 8.16. The molecule has 0 bridgehead atoms. The fraction of sp³-hybridized carbons (Fsp3) is 0.0588. The zero-order valence-electron chi connectivity index (χ0n) is 12.4. The van der Waals surface area contributed by atoms with Crippen LogP contribution in [-0.2, 0) is 4.79 Å². The van der Waals surface area contributed by atoms with Crippen LogP contribution in [0, 0.1) is 0 Å². The van der Waals surface area contributed by atoms with Gasteiger partial charge < -0.3 is 9.73 Å². The maximum Gasteiger partial charge on any atom is 0.276 e. The van der Waals surface area contributed by atoms with E-state index in [1.54, 1.807) is 36.4 Å². The van der Waals surface area contributed by atoms with Crippen molar-refractivity contribution in [1.82, 2.24) is 10.2 Å². The Balaban J connectivity index is 1.86. The Hall–Kier alpha value is -2.08. The first-order valence-electron chi connectivity index (χ1n) is 7.00. The molecule has 122 valence electrons. The molecule has 1 saturated heterocycles. The van der Waals surface area contributed by atoms with Crippen molar-refractivity contribution in [2.45, 2.75) is 0 Å². The molecule has 0 atom stereocenters. The van der Waals surface area contributed by atoms with Gasteiger partial charge in [-0.05, 0) is 42.5 Å². The van der Waals surface area contributed by atoms with Gasteiger partial charge in [0.05, 0.1) is 10.0 Å². The van der Waals surface area contributed by atoms with Crippen LogP contribution >= 0.6 is 35.4 Å². The molecule has 1 aromatic heterocycles. The van der Waals surface area contributed by atoms with Gasteiger partial charge in [0.2, 0.25) is 0 Å². The number of halogens is 2. The summed E-state index contributed by atoms with van der Waals surface area (Å²) >= 11 is 17.1. The molecule has 2 aromatic rings. The number of benzene rings is 1. The van der Waals surface area contributed by atoms with Crippen molar-refractivity contribution in [3.8, 4) is 11.3 Å². The summed E-state index contributed by atoms with van der Waals surface area (Å²) in [5, 5.41) is 4.15. The van der Waals surface area contributed by atoms with Crippen molar-refractivity contribution >= 4 is 52.5 Å². The van der Waals surface area contributed by atoms with Gasteiger partial charge in [-0.25, -0.2) is 0 Å². The first kappa shape index (κ1) is 16.8. The lowest BCUT2D eigenvalue weighted by atomic mass is 10.2. The maximum atomic E-state index is 12.3. The maximum absolute atomic E-state index is 12.3. The number of nitrogens with one attached hydrogen (secondary N) is 1. The van der Waals surface area contributed by atoms with Crippen LogP contribution in [0.1, 0.15) is 5.76 Å². The van der Waals surface area contributed by atoms with E-state index in [4.69, 9.17) is 39.8 Å². The summed E-state index contributed by atoms with van der Waals surface area (Å²) < 4.78 is 5.75. The molecule has 7 heteroatoms. The van der Waals surface area contributed by atoms with E-state index in [2.05, 4.69) is 11.9 Å². The lowest BCUT2D eigenvalue weighted by Crippen LogP contribution is -2.30. The van der Waals surface area contributed by atoms with Crippen LogP contribution in [0.3, 0.4) is 0 Å². The highest BCUT2D eigenvalue weighted by atomic mass is 35.5. The molecule has 0 unspecified atom stereocenters. The molecule has 4 nitrogen and oxygen atoms in total. The molecule has 1 aliphatic heterocycles. The quantitative estimate of drug-likeness (QED) is 0.483. The van der Waals surface area contributed by atoms with Crippen molar-refractivity contribution < 1.29 is 9.21 Å². The summed E-state index contributed by atoms with van der Waals surface area (Å²) in [5.74, 6) is 0.930. The predicted octanol–water partition coefficient (Wildman–Crippen LogP) is 4.50. The van der Waals surface area contributed by atoms with Gasteiger partial charge >= 0.3 is 0 Å². The Kier molecular flexibility index (Phi) is 4.76. The van der Waals surface area contributed by atoms with E-state index in [9.17, 15) is 4.79 Å². The van der Waals surface area contributed by atoms with Gasteiger partial charge in [-0.1, -0.05) is 29.3 Å². The molecule has 1 N–H and O–H groups in total. The fourth-order valence-electron chi connectivity index (χ4n) is 2.24. The van der Waals surface area contributed by atoms with Crippen LogP contribution in [0.25, 0.3) is 17.4 Å². The normalized spacial score (nSPS) is 15.9. The molecular formula is C17H12Cl2N2O2S. The van der Waals surface area contributed by atoms with Crippen LogP contribution in [0.5, 0.6) is 0 Å².